The Morgan fingerprint density at radius 3 is 2.87 bits per heavy atom. The van der Waals surface area contributed by atoms with E-state index in [1.54, 1.807) is 0 Å². The third-order valence-electron chi connectivity index (χ3n) is 1.98. The summed E-state index contributed by atoms with van der Waals surface area (Å²) in [5.41, 5.74) is 7.88. The number of nitrogen functional groups attached to an aromatic ring is 1. The maximum Gasteiger partial charge on any atom is 0.209 e. The molecule has 0 amide bonds. The van der Waals surface area contributed by atoms with Crippen LogP contribution in [0.15, 0.2) is 21.0 Å². The number of anilines is 1. The Morgan fingerprint density at radius 1 is 1.47 bits per heavy atom. The Labute approximate surface area is 96.2 Å². The molecule has 2 N–H and O–H groups in total. The van der Waals surface area contributed by atoms with E-state index in [-0.39, 0.29) is 0 Å². The van der Waals surface area contributed by atoms with Crippen molar-refractivity contribution in [2.45, 2.75) is 6.54 Å². The molecule has 15 heavy (non-hydrogen) atoms. The quantitative estimate of drug-likeness (QED) is 0.850. The van der Waals surface area contributed by atoms with E-state index in [1.807, 2.05) is 31.1 Å². The first kappa shape index (κ1) is 10.4. The molecular formula is C10H12BrN3O. The fourth-order valence-electron chi connectivity index (χ4n) is 1.41. The largest absolute Gasteiger partial charge is 0.437 e. The van der Waals surface area contributed by atoms with Gasteiger partial charge in [-0.15, -0.1) is 0 Å². The predicted molar refractivity (Wildman–Crippen MR) is 63.5 cm³/mol. The van der Waals surface area contributed by atoms with E-state index >= 15 is 0 Å². The van der Waals surface area contributed by atoms with E-state index in [4.69, 9.17) is 10.2 Å². The lowest BCUT2D eigenvalue weighted by molar-refractivity contribution is 0.349. The Morgan fingerprint density at radius 2 is 2.20 bits per heavy atom. The average Bonchev–Trinajstić information content (AvgIpc) is 2.45. The van der Waals surface area contributed by atoms with Gasteiger partial charge in [-0.1, -0.05) is 15.9 Å². The second kappa shape index (κ2) is 3.83. The predicted octanol–water partition coefficient (Wildman–Crippen LogP) is 2.23. The second-order valence-electron chi connectivity index (χ2n) is 3.69. The van der Waals surface area contributed by atoms with Crippen molar-refractivity contribution in [3.05, 3.63) is 22.5 Å². The molecule has 0 atom stereocenters. The fourth-order valence-corrected chi connectivity index (χ4v) is 1.87. The third-order valence-corrected chi connectivity index (χ3v) is 2.44. The molecule has 0 saturated carbocycles. The first-order valence-electron chi connectivity index (χ1n) is 4.55. The normalized spacial score (nSPS) is 11.5. The first-order valence-corrected chi connectivity index (χ1v) is 5.35. The van der Waals surface area contributed by atoms with Crippen LogP contribution in [0.4, 0.5) is 5.69 Å². The number of hydrogen-bond acceptors (Lipinski definition) is 4. The summed E-state index contributed by atoms with van der Waals surface area (Å²) in [6.07, 6.45) is 0. The fraction of sp³-hybridized carbons (Fsp3) is 0.300. The van der Waals surface area contributed by atoms with Crippen molar-refractivity contribution >= 4 is 32.7 Å². The Hall–Kier alpha value is -1.07. The van der Waals surface area contributed by atoms with Gasteiger partial charge in [0.2, 0.25) is 5.89 Å². The molecule has 1 heterocycles. The van der Waals surface area contributed by atoms with E-state index in [0.29, 0.717) is 23.7 Å². The van der Waals surface area contributed by atoms with Crippen LogP contribution in [0, 0.1) is 0 Å². The topological polar surface area (TPSA) is 55.3 Å². The molecule has 0 unspecified atom stereocenters. The highest BCUT2D eigenvalue weighted by molar-refractivity contribution is 9.10. The number of fused-ring (bicyclic) bond motifs is 1. The minimum absolute atomic E-state index is 0.608. The van der Waals surface area contributed by atoms with Crippen LogP contribution in [-0.4, -0.2) is 24.0 Å². The summed E-state index contributed by atoms with van der Waals surface area (Å²) in [5, 5.41) is 0. The molecule has 4 nitrogen and oxygen atoms in total. The number of aromatic nitrogens is 1. The summed E-state index contributed by atoms with van der Waals surface area (Å²) >= 11 is 3.37. The van der Waals surface area contributed by atoms with Crippen molar-refractivity contribution in [2.24, 2.45) is 0 Å². The average molecular weight is 270 g/mol. The van der Waals surface area contributed by atoms with Crippen LogP contribution >= 0.6 is 15.9 Å². The summed E-state index contributed by atoms with van der Waals surface area (Å²) in [4.78, 5) is 6.35. The molecule has 0 aliphatic heterocycles. The molecule has 0 spiro atoms. The van der Waals surface area contributed by atoms with Gasteiger partial charge in [-0.3, -0.25) is 0 Å². The Balaban J connectivity index is 2.50. The van der Waals surface area contributed by atoms with Crippen molar-refractivity contribution in [2.75, 3.05) is 19.8 Å². The first-order chi connectivity index (χ1) is 7.06. The van der Waals surface area contributed by atoms with Gasteiger partial charge in [0.1, 0.15) is 5.52 Å². The van der Waals surface area contributed by atoms with Gasteiger partial charge < -0.3 is 15.1 Å². The molecule has 0 aliphatic carbocycles. The number of oxazole rings is 1. The summed E-state index contributed by atoms with van der Waals surface area (Å²) in [6.45, 7) is 0.672. The number of nitrogens with two attached hydrogens (primary N) is 1. The number of nitrogens with zero attached hydrogens (tertiary/aromatic N) is 2. The summed E-state index contributed by atoms with van der Waals surface area (Å²) in [6, 6.07) is 3.71. The second-order valence-corrected chi connectivity index (χ2v) is 4.60. The SMILES string of the molecule is CN(C)Cc1nc2cc(Br)cc(N)c2o1. The highest BCUT2D eigenvalue weighted by Crippen LogP contribution is 2.26. The maximum absolute atomic E-state index is 5.82. The standard InChI is InChI=1S/C10H12BrN3O/c1-14(2)5-9-13-8-4-6(11)3-7(12)10(8)15-9/h3-4H,5,12H2,1-2H3. The molecule has 0 bridgehead atoms. The van der Waals surface area contributed by atoms with Crippen molar-refractivity contribution in [3.8, 4) is 0 Å². The zero-order valence-corrected chi connectivity index (χ0v) is 10.2. The van der Waals surface area contributed by atoms with Crippen LogP contribution in [0.1, 0.15) is 5.89 Å². The van der Waals surface area contributed by atoms with Gasteiger partial charge in [-0.25, -0.2) is 4.98 Å². The Bertz CT molecular complexity index is 493. The van der Waals surface area contributed by atoms with Crippen molar-refractivity contribution in [3.63, 3.8) is 0 Å². The van der Waals surface area contributed by atoms with E-state index in [9.17, 15) is 0 Å². The molecule has 80 valence electrons. The third kappa shape index (κ3) is 2.13. The van der Waals surface area contributed by atoms with E-state index in [1.165, 1.54) is 0 Å². The molecule has 2 rings (SSSR count). The number of halogens is 1. The molecule has 1 aromatic carbocycles. The molecule has 5 heteroatoms. The molecule has 0 aliphatic rings. The highest BCUT2D eigenvalue weighted by Gasteiger charge is 2.09. The maximum atomic E-state index is 5.82. The summed E-state index contributed by atoms with van der Waals surface area (Å²) in [7, 11) is 3.93. The van der Waals surface area contributed by atoms with Gasteiger partial charge in [0.05, 0.1) is 12.2 Å². The monoisotopic (exact) mass is 269 g/mol. The lowest BCUT2D eigenvalue weighted by Crippen LogP contribution is -2.10. The summed E-state index contributed by atoms with van der Waals surface area (Å²) in [5.74, 6) is 0.680. The zero-order chi connectivity index (χ0) is 11.0. The lowest BCUT2D eigenvalue weighted by Gasteiger charge is -2.03. The van der Waals surface area contributed by atoms with Gasteiger partial charge >= 0.3 is 0 Å². The number of rotatable bonds is 2. The molecule has 0 radical (unpaired) electrons. The smallest absolute Gasteiger partial charge is 0.209 e. The van der Waals surface area contributed by atoms with Crippen molar-refractivity contribution < 1.29 is 4.42 Å². The van der Waals surface area contributed by atoms with Gasteiger partial charge in [-0.2, -0.15) is 0 Å². The van der Waals surface area contributed by atoms with Gasteiger partial charge in [-0.05, 0) is 26.2 Å². The van der Waals surface area contributed by atoms with Crippen LogP contribution in [0.3, 0.4) is 0 Å². The van der Waals surface area contributed by atoms with Crippen LogP contribution in [0.25, 0.3) is 11.1 Å². The van der Waals surface area contributed by atoms with Crippen LogP contribution < -0.4 is 5.73 Å². The van der Waals surface area contributed by atoms with Crippen LogP contribution in [0.2, 0.25) is 0 Å². The number of benzene rings is 1. The summed E-state index contributed by atoms with van der Waals surface area (Å²) < 4.78 is 6.48. The molecule has 1 aromatic heterocycles. The minimum Gasteiger partial charge on any atom is -0.437 e. The molecule has 0 fully saturated rings. The lowest BCUT2D eigenvalue weighted by atomic mass is 10.3. The molecular weight excluding hydrogens is 258 g/mol. The van der Waals surface area contributed by atoms with E-state index in [2.05, 4.69) is 20.9 Å². The number of hydrogen-bond donors (Lipinski definition) is 1. The molecule has 2 aromatic rings. The Kier molecular flexibility index (Phi) is 2.67. The highest BCUT2D eigenvalue weighted by atomic mass is 79.9. The van der Waals surface area contributed by atoms with Crippen LogP contribution in [-0.2, 0) is 6.54 Å². The van der Waals surface area contributed by atoms with Crippen molar-refractivity contribution in [1.29, 1.82) is 0 Å². The molecule has 0 saturated heterocycles. The van der Waals surface area contributed by atoms with E-state index in [0.717, 1.165) is 9.99 Å². The minimum atomic E-state index is 0.608. The van der Waals surface area contributed by atoms with Gasteiger partial charge in [0, 0.05) is 4.47 Å². The van der Waals surface area contributed by atoms with E-state index < -0.39 is 0 Å². The van der Waals surface area contributed by atoms with Gasteiger partial charge in [0.25, 0.3) is 0 Å². The van der Waals surface area contributed by atoms with Crippen LogP contribution in [0.5, 0.6) is 0 Å². The zero-order valence-electron chi connectivity index (χ0n) is 8.62. The van der Waals surface area contributed by atoms with Crippen molar-refractivity contribution in [1.82, 2.24) is 9.88 Å². The van der Waals surface area contributed by atoms with Gasteiger partial charge in [0.15, 0.2) is 5.58 Å².